The lowest BCUT2D eigenvalue weighted by Gasteiger charge is -2.26. The zero-order valence-corrected chi connectivity index (χ0v) is 13.2. The van der Waals surface area contributed by atoms with E-state index in [1.807, 2.05) is 42.5 Å². The summed E-state index contributed by atoms with van der Waals surface area (Å²) < 4.78 is 5.00. The normalized spacial score (nSPS) is 15.3. The number of aryl methyl sites for hydroxylation is 1. The van der Waals surface area contributed by atoms with Crippen LogP contribution in [-0.4, -0.2) is 30.8 Å². The lowest BCUT2D eigenvalue weighted by Crippen LogP contribution is -2.43. The number of carbonyl (C=O) groups is 1. The fourth-order valence-corrected chi connectivity index (χ4v) is 2.68. The zero-order valence-electron chi connectivity index (χ0n) is 13.2. The second kappa shape index (κ2) is 7.15. The van der Waals surface area contributed by atoms with Gasteiger partial charge in [0.25, 0.3) is 0 Å². The van der Waals surface area contributed by atoms with Crippen molar-refractivity contribution in [3.05, 3.63) is 65.7 Å². The molecule has 1 atom stereocenters. The van der Waals surface area contributed by atoms with Crippen LogP contribution in [0.5, 0.6) is 0 Å². The molecule has 1 heterocycles. The zero-order chi connectivity index (χ0) is 16.1. The van der Waals surface area contributed by atoms with Crippen LogP contribution in [0, 0.1) is 6.92 Å². The Morgan fingerprint density at radius 2 is 1.87 bits per heavy atom. The van der Waals surface area contributed by atoms with Gasteiger partial charge in [-0.2, -0.15) is 0 Å². The van der Waals surface area contributed by atoms with E-state index < -0.39 is 0 Å². The third kappa shape index (κ3) is 3.81. The van der Waals surface area contributed by atoms with Gasteiger partial charge in [-0.25, -0.2) is 15.2 Å². The summed E-state index contributed by atoms with van der Waals surface area (Å²) in [5, 5.41) is 4.96. The van der Waals surface area contributed by atoms with Crippen LogP contribution in [0.1, 0.15) is 17.2 Å². The molecule has 2 aromatic rings. The molecule has 3 rings (SSSR count). The third-order valence-electron chi connectivity index (χ3n) is 3.92. The second-order valence-corrected chi connectivity index (χ2v) is 5.55. The van der Waals surface area contributed by atoms with Crippen molar-refractivity contribution in [1.82, 2.24) is 10.4 Å². The Morgan fingerprint density at radius 1 is 1.13 bits per heavy atom. The highest BCUT2D eigenvalue weighted by atomic mass is 16.6. The molecule has 1 amide bonds. The molecule has 1 saturated heterocycles. The number of cyclic esters (lactones) is 1. The lowest BCUT2D eigenvalue weighted by atomic mass is 10.0. The van der Waals surface area contributed by atoms with E-state index in [0.717, 1.165) is 11.3 Å². The Morgan fingerprint density at radius 3 is 2.57 bits per heavy atom. The maximum Gasteiger partial charge on any atom is 0.424 e. The van der Waals surface area contributed by atoms with Crippen LogP contribution in [0.25, 0.3) is 0 Å². The first kappa shape index (κ1) is 15.4. The molecule has 1 aliphatic rings. The fraction of sp³-hybridized carbons (Fsp3) is 0.278. The largest absolute Gasteiger partial charge is 0.447 e. The Kier molecular flexibility index (Phi) is 4.78. The summed E-state index contributed by atoms with van der Waals surface area (Å²) in [6.45, 7) is 3.73. The number of benzene rings is 2. The first-order chi connectivity index (χ1) is 11.2. The van der Waals surface area contributed by atoms with E-state index in [2.05, 4.69) is 29.8 Å². The summed E-state index contributed by atoms with van der Waals surface area (Å²) in [7, 11) is 0. The van der Waals surface area contributed by atoms with Crippen LogP contribution in [0.3, 0.4) is 0 Å². The number of hydrogen-bond donors (Lipinski definition) is 2. The van der Waals surface area contributed by atoms with Crippen molar-refractivity contribution in [1.29, 1.82) is 0 Å². The summed E-state index contributed by atoms with van der Waals surface area (Å²) in [6.07, 6.45) is -0.316. The second-order valence-electron chi connectivity index (χ2n) is 5.55. The minimum Gasteiger partial charge on any atom is -0.447 e. The predicted molar refractivity (Wildman–Crippen MR) is 90.0 cm³/mol. The predicted octanol–water partition coefficient (Wildman–Crippen LogP) is 3.11. The molecule has 2 aromatic carbocycles. The van der Waals surface area contributed by atoms with Gasteiger partial charge in [-0.3, -0.25) is 0 Å². The van der Waals surface area contributed by atoms with Gasteiger partial charge >= 0.3 is 6.09 Å². The minimum atomic E-state index is -0.316. The van der Waals surface area contributed by atoms with Crippen molar-refractivity contribution >= 4 is 11.8 Å². The standard InChI is InChI=1S/C18H21N3O2/c1-14-7-5-6-10-16(14)17(20-21-11-12-23-18(21)22)13-19-15-8-3-2-4-9-15/h2-10,17,19-20H,11-13H2,1H3/t17-/m0/s1. The number of hydrazine groups is 1. The average Bonchev–Trinajstić information content (AvgIpc) is 2.98. The molecule has 0 aromatic heterocycles. The Labute approximate surface area is 136 Å². The van der Waals surface area contributed by atoms with Crippen molar-refractivity contribution in [3.63, 3.8) is 0 Å². The van der Waals surface area contributed by atoms with Gasteiger partial charge in [0, 0.05) is 12.2 Å². The average molecular weight is 311 g/mol. The van der Waals surface area contributed by atoms with Gasteiger partial charge in [-0.05, 0) is 30.2 Å². The third-order valence-corrected chi connectivity index (χ3v) is 3.92. The molecule has 2 N–H and O–H groups in total. The number of hydrogen-bond acceptors (Lipinski definition) is 4. The first-order valence-corrected chi connectivity index (χ1v) is 7.79. The van der Waals surface area contributed by atoms with E-state index in [1.54, 1.807) is 5.01 Å². The van der Waals surface area contributed by atoms with Gasteiger partial charge in [-0.15, -0.1) is 0 Å². The molecular weight excluding hydrogens is 290 g/mol. The fourth-order valence-electron chi connectivity index (χ4n) is 2.68. The number of carbonyl (C=O) groups excluding carboxylic acids is 1. The number of ether oxygens (including phenoxy) is 1. The molecule has 5 nitrogen and oxygen atoms in total. The van der Waals surface area contributed by atoms with Crippen LogP contribution in [0.2, 0.25) is 0 Å². The molecule has 5 heteroatoms. The minimum absolute atomic E-state index is 0.0259. The van der Waals surface area contributed by atoms with Gasteiger partial charge in [0.15, 0.2) is 0 Å². The van der Waals surface area contributed by atoms with Gasteiger partial charge in [0.1, 0.15) is 6.61 Å². The van der Waals surface area contributed by atoms with Crippen molar-refractivity contribution < 1.29 is 9.53 Å². The number of rotatable bonds is 6. The molecule has 0 bridgehead atoms. The van der Waals surface area contributed by atoms with Crippen molar-refractivity contribution in [3.8, 4) is 0 Å². The van der Waals surface area contributed by atoms with Gasteiger partial charge in [-0.1, -0.05) is 42.5 Å². The van der Waals surface area contributed by atoms with Crippen LogP contribution >= 0.6 is 0 Å². The molecule has 1 fully saturated rings. The highest BCUT2D eigenvalue weighted by molar-refractivity contribution is 5.68. The summed E-state index contributed by atoms with van der Waals surface area (Å²) in [6, 6.07) is 18.2. The van der Waals surface area contributed by atoms with Crippen molar-refractivity contribution in [2.24, 2.45) is 0 Å². The lowest BCUT2D eigenvalue weighted by molar-refractivity contribution is 0.139. The molecule has 0 unspecified atom stereocenters. The maximum absolute atomic E-state index is 11.7. The molecule has 0 aliphatic carbocycles. The van der Waals surface area contributed by atoms with E-state index in [0.29, 0.717) is 19.7 Å². The van der Waals surface area contributed by atoms with Crippen LogP contribution in [0.15, 0.2) is 54.6 Å². The van der Waals surface area contributed by atoms with Crippen LogP contribution in [-0.2, 0) is 4.74 Å². The Balaban J connectivity index is 1.75. The number of nitrogens with one attached hydrogen (secondary N) is 2. The molecule has 0 spiro atoms. The summed E-state index contributed by atoms with van der Waals surface area (Å²) in [4.78, 5) is 11.7. The number of para-hydroxylation sites is 1. The number of amides is 1. The van der Waals surface area contributed by atoms with E-state index in [-0.39, 0.29) is 12.1 Å². The number of nitrogens with zero attached hydrogens (tertiary/aromatic N) is 1. The molecule has 0 radical (unpaired) electrons. The molecule has 23 heavy (non-hydrogen) atoms. The van der Waals surface area contributed by atoms with Crippen LogP contribution < -0.4 is 10.7 Å². The van der Waals surface area contributed by atoms with Crippen molar-refractivity contribution in [2.45, 2.75) is 13.0 Å². The van der Waals surface area contributed by atoms with E-state index in [9.17, 15) is 4.79 Å². The monoisotopic (exact) mass is 311 g/mol. The quantitative estimate of drug-likeness (QED) is 0.861. The summed E-state index contributed by atoms with van der Waals surface area (Å²) >= 11 is 0. The van der Waals surface area contributed by atoms with Gasteiger partial charge in [0.2, 0.25) is 0 Å². The molecule has 120 valence electrons. The Hall–Kier alpha value is -2.53. The summed E-state index contributed by atoms with van der Waals surface area (Å²) in [5.41, 5.74) is 6.69. The topological polar surface area (TPSA) is 53.6 Å². The molecule has 1 aliphatic heterocycles. The SMILES string of the molecule is Cc1ccccc1[C@H](CNc1ccccc1)NN1CCOC1=O. The van der Waals surface area contributed by atoms with Gasteiger partial charge in [0.05, 0.1) is 12.6 Å². The highest BCUT2D eigenvalue weighted by Crippen LogP contribution is 2.20. The van der Waals surface area contributed by atoms with Gasteiger partial charge < -0.3 is 10.1 Å². The summed E-state index contributed by atoms with van der Waals surface area (Å²) in [5.74, 6) is 0. The number of anilines is 1. The first-order valence-electron chi connectivity index (χ1n) is 7.79. The smallest absolute Gasteiger partial charge is 0.424 e. The highest BCUT2D eigenvalue weighted by Gasteiger charge is 2.25. The van der Waals surface area contributed by atoms with E-state index >= 15 is 0 Å². The maximum atomic E-state index is 11.7. The molecule has 0 saturated carbocycles. The van der Waals surface area contributed by atoms with E-state index in [1.165, 1.54) is 5.56 Å². The molecular formula is C18H21N3O2. The van der Waals surface area contributed by atoms with Crippen molar-refractivity contribution in [2.75, 3.05) is 25.0 Å². The Bertz CT molecular complexity index is 660. The van der Waals surface area contributed by atoms with Crippen LogP contribution in [0.4, 0.5) is 10.5 Å². The van der Waals surface area contributed by atoms with E-state index in [4.69, 9.17) is 4.74 Å².